The van der Waals surface area contributed by atoms with E-state index < -0.39 is 11.9 Å². The molecule has 13 nitrogen and oxygen atoms in total. The number of aromatic nitrogens is 2. The molecule has 3 amide bonds. The monoisotopic (exact) mass is 832 g/mol. The van der Waals surface area contributed by atoms with E-state index in [9.17, 15) is 24.4 Å². The molecule has 2 atom stereocenters. The molecular formula is C46H53ClN8O5. The lowest BCUT2D eigenvalue weighted by atomic mass is 9.49. The van der Waals surface area contributed by atoms with Crippen molar-refractivity contribution in [2.45, 2.75) is 84.5 Å². The molecule has 4 heterocycles. The molecule has 1 aromatic heterocycles. The van der Waals surface area contributed by atoms with Crippen molar-refractivity contribution >= 4 is 51.5 Å². The van der Waals surface area contributed by atoms with Crippen LogP contribution in [0.5, 0.6) is 5.75 Å². The van der Waals surface area contributed by atoms with Crippen LogP contribution in [0.2, 0.25) is 5.02 Å². The van der Waals surface area contributed by atoms with Crippen molar-refractivity contribution < 1.29 is 19.1 Å². The summed E-state index contributed by atoms with van der Waals surface area (Å²) in [5.41, 5.74) is 2.20. The number of nitrogens with one attached hydrogen (secondary N) is 2. The minimum absolute atomic E-state index is 0.102. The van der Waals surface area contributed by atoms with E-state index in [2.05, 4.69) is 83.3 Å². The van der Waals surface area contributed by atoms with Crippen LogP contribution in [0.3, 0.4) is 0 Å². The molecule has 0 spiro atoms. The number of hydrogen-bond acceptors (Lipinski definition) is 10. The van der Waals surface area contributed by atoms with Gasteiger partial charge in [-0.3, -0.25) is 29.4 Å². The Morgan fingerprint density at radius 2 is 1.67 bits per heavy atom. The predicted molar refractivity (Wildman–Crippen MR) is 231 cm³/mol. The summed E-state index contributed by atoms with van der Waals surface area (Å²) in [5, 5.41) is 20.8. The predicted octanol–water partition coefficient (Wildman–Crippen LogP) is 5.94. The molecular weight excluding hydrogens is 780 g/mol. The molecule has 1 aliphatic carbocycles. The van der Waals surface area contributed by atoms with Gasteiger partial charge in [-0.25, -0.2) is 4.68 Å². The summed E-state index contributed by atoms with van der Waals surface area (Å²) in [7, 11) is 0. The Labute approximate surface area is 355 Å². The number of piperazine rings is 1. The molecule has 3 aromatic carbocycles. The molecule has 4 fully saturated rings. The van der Waals surface area contributed by atoms with Gasteiger partial charge in [-0.15, -0.1) is 0 Å². The Hall–Kier alpha value is -5.45. The molecule has 3 aliphatic heterocycles. The highest BCUT2D eigenvalue weighted by atomic mass is 35.5. The number of benzene rings is 3. The molecule has 2 N–H and O–H groups in total. The number of amides is 3. The number of hydrogen-bond donors (Lipinski definition) is 2. The number of halogens is 1. The molecule has 314 valence electrons. The molecule has 1 saturated carbocycles. The zero-order valence-corrected chi connectivity index (χ0v) is 35.7. The highest BCUT2D eigenvalue weighted by Gasteiger charge is 2.64. The normalized spacial score (nSPS) is 24.4. The SMILES string of the molecule is C[C@H]1CN(CC2CCN(c3ccc(C(=O)NC4C(C)(C)C(Oc5ccc(C#N)c(Cl)c5)C4(C)C)cc3)CC2)CCN1c1ccc2c(=O)n([C@@H]3CCC(=O)NC3=O)ncc2c1. The summed E-state index contributed by atoms with van der Waals surface area (Å²) in [5.74, 6) is 0.297. The lowest BCUT2D eigenvalue weighted by molar-refractivity contribution is -0.164. The summed E-state index contributed by atoms with van der Waals surface area (Å²) in [6.45, 7) is 16.5. The van der Waals surface area contributed by atoms with Gasteiger partial charge in [-0.05, 0) is 86.7 Å². The first-order chi connectivity index (χ1) is 28.6. The molecule has 4 aromatic rings. The number of fused-ring (bicyclic) bond motifs is 1. The van der Waals surface area contributed by atoms with E-state index in [1.165, 1.54) is 4.68 Å². The van der Waals surface area contributed by atoms with Crippen molar-refractivity contribution in [3.63, 3.8) is 0 Å². The lowest BCUT2D eigenvalue weighted by Crippen LogP contribution is -2.74. The van der Waals surface area contributed by atoms with Gasteiger partial charge in [0, 0.05) is 97.0 Å². The number of carbonyl (C=O) groups is 3. The van der Waals surface area contributed by atoms with Crippen LogP contribution in [0.1, 0.15) is 82.3 Å². The minimum atomic E-state index is -0.786. The molecule has 14 heteroatoms. The van der Waals surface area contributed by atoms with Crippen molar-refractivity contribution in [3.8, 4) is 11.8 Å². The van der Waals surface area contributed by atoms with Crippen molar-refractivity contribution in [1.82, 2.24) is 25.3 Å². The van der Waals surface area contributed by atoms with Gasteiger partial charge in [0.05, 0.1) is 22.2 Å². The number of nitrogens with zero attached hydrogens (tertiary/aromatic N) is 6. The van der Waals surface area contributed by atoms with Crippen LogP contribution in [-0.4, -0.2) is 89.9 Å². The first-order valence-corrected chi connectivity index (χ1v) is 21.4. The second kappa shape index (κ2) is 16.2. The Balaban J connectivity index is 0.806. The van der Waals surface area contributed by atoms with Crippen LogP contribution < -0.4 is 30.7 Å². The Bertz CT molecular complexity index is 2400. The third-order valence-corrected chi connectivity index (χ3v) is 13.7. The summed E-state index contributed by atoms with van der Waals surface area (Å²) in [6, 6.07) is 20.4. The van der Waals surface area contributed by atoms with Crippen LogP contribution in [0, 0.1) is 28.1 Å². The lowest BCUT2D eigenvalue weighted by Gasteiger charge is -2.63. The molecule has 8 rings (SSSR count). The van der Waals surface area contributed by atoms with E-state index in [4.69, 9.17) is 16.3 Å². The van der Waals surface area contributed by atoms with Crippen LogP contribution in [0.15, 0.2) is 71.7 Å². The third-order valence-electron chi connectivity index (χ3n) is 13.4. The number of imide groups is 1. The first kappa shape index (κ1) is 41.3. The number of ether oxygens (including phenoxy) is 1. The topological polar surface area (TPSA) is 153 Å². The van der Waals surface area contributed by atoms with E-state index >= 15 is 0 Å². The van der Waals surface area contributed by atoms with Crippen molar-refractivity contribution in [3.05, 3.63) is 93.4 Å². The smallest absolute Gasteiger partial charge is 0.275 e. The summed E-state index contributed by atoms with van der Waals surface area (Å²) < 4.78 is 7.60. The van der Waals surface area contributed by atoms with E-state index in [1.54, 1.807) is 24.4 Å². The van der Waals surface area contributed by atoms with Crippen LogP contribution in [0.25, 0.3) is 10.8 Å². The van der Waals surface area contributed by atoms with Gasteiger partial charge in [-0.2, -0.15) is 10.4 Å². The van der Waals surface area contributed by atoms with Crippen molar-refractivity contribution in [2.24, 2.45) is 16.7 Å². The van der Waals surface area contributed by atoms with Gasteiger partial charge in [0.2, 0.25) is 5.91 Å². The van der Waals surface area contributed by atoms with E-state index in [-0.39, 0.29) is 59.2 Å². The molecule has 3 saturated heterocycles. The zero-order valence-electron chi connectivity index (χ0n) is 34.9. The van der Waals surface area contributed by atoms with Gasteiger partial charge in [0.1, 0.15) is 24.0 Å². The van der Waals surface area contributed by atoms with Crippen molar-refractivity contribution in [1.29, 1.82) is 5.26 Å². The van der Waals surface area contributed by atoms with Crippen molar-refractivity contribution in [2.75, 3.05) is 49.1 Å². The maximum Gasteiger partial charge on any atom is 0.275 e. The molecule has 0 radical (unpaired) electrons. The van der Waals surface area contributed by atoms with Crippen LogP contribution in [-0.2, 0) is 9.59 Å². The van der Waals surface area contributed by atoms with Crippen LogP contribution in [0.4, 0.5) is 11.4 Å². The van der Waals surface area contributed by atoms with Gasteiger partial charge in [-0.1, -0.05) is 39.3 Å². The largest absolute Gasteiger partial charge is 0.489 e. The number of rotatable bonds is 9. The van der Waals surface area contributed by atoms with Gasteiger partial charge in [0.15, 0.2) is 0 Å². The fourth-order valence-corrected chi connectivity index (χ4v) is 10.6. The quantitative estimate of drug-likeness (QED) is 0.194. The number of carbonyl (C=O) groups excluding carboxylic acids is 3. The number of piperidine rings is 2. The standard InChI is InChI=1S/C46H53ClN8O5/c1-28-26-52(20-21-54(28)34-11-13-36-32(22-34)25-49-55(42(36)59)38-14-15-39(56)50-41(38)58)27-29-16-18-53(19-17-29)33-9-6-30(7-10-33)40(57)51-43-45(2,3)44(46(43,4)5)60-35-12-8-31(24-48)37(47)23-35/h6-13,22-23,25,28-29,38,43-44H,14-21,26-27H2,1-5H3,(H,51,57)(H,50,56,58)/t28-,38+,43?,44?/m0/s1. The molecule has 4 aliphatic rings. The van der Waals surface area contributed by atoms with Gasteiger partial charge >= 0.3 is 0 Å². The van der Waals surface area contributed by atoms with E-state index in [1.807, 2.05) is 30.3 Å². The minimum Gasteiger partial charge on any atom is -0.489 e. The second-order valence-electron chi connectivity index (χ2n) is 18.2. The highest BCUT2D eigenvalue weighted by Crippen LogP contribution is 2.55. The zero-order chi connectivity index (χ0) is 42.5. The maximum atomic E-state index is 13.5. The van der Waals surface area contributed by atoms with E-state index in [0.717, 1.165) is 68.9 Å². The Kier molecular flexibility index (Phi) is 11.1. The highest BCUT2D eigenvalue weighted by molar-refractivity contribution is 6.31. The second-order valence-corrected chi connectivity index (χ2v) is 18.6. The summed E-state index contributed by atoms with van der Waals surface area (Å²) >= 11 is 6.26. The Morgan fingerprint density at radius 1 is 0.950 bits per heavy atom. The molecule has 60 heavy (non-hydrogen) atoms. The van der Waals surface area contributed by atoms with Crippen LogP contribution >= 0.6 is 11.6 Å². The average molecular weight is 833 g/mol. The fraction of sp³-hybridized carbons (Fsp3) is 0.478. The Morgan fingerprint density at radius 3 is 2.33 bits per heavy atom. The molecule has 0 unspecified atom stereocenters. The fourth-order valence-electron chi connectivity index (χ4n) is 10.4. The first-order valence-electron chi connectivity index (χ1n) is 21.0. The summed E-state index contributed by atoms with van der Waals surface area (Å²) in [6.07, 6.45) is 4.12. The summed E-state index contributed by atoms with van der Waals surface area (Å²) in [4.78, 5) is 58.2. The molecule has 0 bridgehead atoms. The van der Waals surface area contributed by atoms with Gasteiger partial charge in [0.25, 0.3) is 17.4 Å². The number of nitriles is 1. The maximum absolute atomic E-state index is 13.5. The average Bonchev–Trinajstić information content (AvgIpc) is 3.22. The van der Waals surface area contributed by atoms with E-state index in [0.29, 0.717) is 33.2 Å². The third kappa shape index (κ3) is 7.83. The number of anilines is 2. The van der Waals surface area contributed by atoms with Gasteiger partial charge < -0.3 is 19.9 Å².